The van der Waals surface area contributed by atoms with Crippen LogP contribution in [0.5, 0.6) is 0 Å². The Kier molecular flexibility index (Phi) is 4.52. The zero-order valence-corrected chi connectivity index (χ0v) is 13.0. The Morgan fingerprint density at radius 2 is 2.10 bits per heavy atom. The standard InChI is InChI=1S/C13H12BrFN2O2S/c1-9-7-16-5-4-10(9)8-17-20(18,19)11-2-3-12(14)13(15)6-11/h2-7,17H,8H2,1H3. The van der Waals surface area contributed by atoms with Gasteiger partial charge in [0.25, 0.3) is 0 Å². The number of benzene rings is 1. The molecule has 106 valence electrons. The fraction of sp³-hybridized carbons (Fsp3) is 0.154. The van der Waals surface area contributed by atoms with Crippen LogP contribution in [0.4, 0.5) is 4.39 Å². The van der Waals surface area contributed by atoms with E-state index >= 15 is 0 Å². The van der Waals surface area contributed by atoms with Crippen molar-refractivity contribution in [2.75, 3.05) is 0 Å². The van der Waals surface area contributed by atoms with E-state index in [0.717, 1.165) is 17.2 Å². The van der Waals surface area contributed by atoms with Gasteiger partial charge in [-0.15, -0.1) is 0 Å². The molecule has 0 aliphatic rings. The van der Waals surface area contributed by atoms with Gasteiger partial charge in [0.2, 0.25) is 10.0 Å². The second-order valence-electron chi connectivity index (χ2n) is 4.20. The van der Waals surface area contributed by atoms with Crippen LogP contribution in [-0.2, 0) is 16.6 Å². The molecule has 2 rings (SSSR count). The van der Waals surface area contributed by atoms with Gasteiger partial charge in [-0.25, -0.2) is 17.5 Å². The maximum absolute atomic E-state index is 13.4. The second kappa shape index (κ2) is 5.99. The lowest BCUT2D eigenvalue weighted by atomic mass is 10.2. The number of pyridine rings is 1. The summed E-state index contributed by atoms with van der Waals surface area (Å²) >= 11 is 2.98. The van der Waals surface area contributed by atoms with Gasteiger partial charge in [0.05, 0.1) is 9.37 Å². The highest BCUT2D eigenvalue weighted by molar-refractivity contribution is 9.10. The highest BCUT2D eigenvalue weighted by Gasteiger charge is 2.15. The number of nitrogens with zero attached hydrogens (tertiary/aromatic N) is 1. The molecular formula is C13H12BrFN2O2S. The van der Waals surface area contributed by atoms with Gasteiger partial charge < -0.3 is 0 Å². The number of aryl methyl sites for hydroxylation is 1. The Morgan fingerprint density at radius 3 is 2.75 bits per heavy atom. The lowest BCUT2D eigenvalue weighted by Gasteiger charge is -2.09. The molecule has 1 aromatic carbocycles. The largest absolute Gasteiger partial charge is 0.264 e. The number of halogens is 2. The van der Waals surface area contributed by atoms with Crippen LogP contribution in [-0.4, -0.2) is 13.4 Å². The van der Waals surface area contributed by atoms with Crippen molar-refractivity contribution in [3.8, 4) is 0 Å². The molecule has 1 heterocycles. The third-order valence-electron chi connectivity index (χ3n) is 2.79. The molecule has 0 aliphatic heterocycles. The summed E-state index contributed by atoms with van der Waals surface area (Å²) in [7, 11) is -3.75. The van der Waals surface area contributed by atoms with Crippen molar-refractivity contribution < 1.29 is 12.8 Å². The van der Waals surface area contributed by atoms with Gasteiger partial charge in [-0.1, -0.05) is 0 Å². The number of hydrogen-bond donors (Lipinski definition) is 1. The summed E-state index contributed by atoms with van der Waals surface area (Å²) in [5.41, 5.74) is 1.71. The zero-order chi connectivity index (χ0) is 14.8. The van der Waals surface area contributed by atoms with Gasteiger partial charge in [0, 0.05) is 18.9 Å². The van der Waals surface area contributed by atoms with Crippen molar-refractivity contribution in [2.24, 2.45) is 0 Å². The Hall–Kier alpha value is -1.31. The molecule has 0 fully saturated rings. The van der Waals surface area contributed by atoms with Crippen LogP contribution in [0.2, 0.25) is 0 Å². The molecular weight excluding hydrogens is 347 g/mol. The van der Waals surface area contributed by atoms with Crippen LogP contribution >= 0.6 is 15.9 Å². The number of sulfonamides is 1. The molecule has 0 radical (unpaired) electrons. The number of aromatic nitrogens is 1. The van der Waals surface area contributed by atoms with Crippen LogP contribution < -0.4 is 4.72 Å². The average Bonchev–Trinajstić information content (AvgIpc) is 2.41. The van der Waals surface area contributed by atoms with Gasteiger partial charge in [-0.2, -0.15) is 0 Å². The van der Waals surface area contributed by atoms with E-state index in [1.54, 1.807) is 18.5 Å². The van der Waals surface area contributed by atoms with E-state index in [9.17, 15) is 12.8 Å². The Morgan fingerprint density at radius 1 is 1.35 bits per heavy atom. The summed E-state index contributed by atoms with van der Waals surface area (Å²) in [4.78, 5) is 3.83. The highest BCUT2D eigenvalue weighted by atomic mass is 79.9. The first-order valence-corrected chi connectivity index (χ1v) is 8.02. The molecule has 0 unspecified atom stereocenters. The van der Waals surface area contributed by atoms with Crippen LogP contribution in [0.25, 0.3) is 0 Å². The molecule has 1 aromatic heterocycles. The molecule has 0 saturated carbocycles. The van der Waals surface area contributed by atoms with Crippen molar-refractivity contribution in [1.29, 1.82) is 0 Å². The fourth-order valence-corrected chi connectivity index (χ4v) is 2.87. The fourth-order valence-electron chi connectivity index (χ4n) is 1.60. The topological polar surface area (TPSA) is 59.1 Å². The zero-order valence-electron chi connectivity index (χ0n) is 10.6. The molecule has 0 aliphatic carbocycles. The maximum Gasteiger partial charge on any atom is 0.240 e. The Balaban J connectivity index is 2.19. The van der Waals surface area contributed by atoms with Crippen molar-refractivity contribution in [2.45, 2.75) is 18.4 Å². The Bertz CT molecular complexity index is 735. The summed E-state index contributed by atoms with van der Waals surface area (Å²) in [6.45, 7) is 1.98. The normalized spacial score (nSPS) is 11.6. The predicted molar refractivity (Wildman–Crippen MR) is 77.1 cm³/mol. The molecule has 0 saturated heterocycles. The smallest absolute Gasteiger partial charge is 0.240 e. The SMILES string of the molecule is Cc1cnccc1CNS(=O)(=O)c1ccc(Br)c(F)c1. The van der Waals surface area contributed by atoms with Gasteiger partial charge in [0.15, 0.2) is 0 Å². The van der Waals surface area contributed by atoms with Crippen molar-refractivity contribution in [1.82, 2.24) is 9.71 Å². The minimum absolute atomic E-state index is 0.107. The van der Waals surface area contributed by atoms with Gasteiger partial charge in [-0.3, -0.25) is 4.98 Å². The van der Waals surface area contributed by atoms with E-state index in [1.165, 1.54) is 12.1 Å². The number of nitrogens with one attached hydrogen (secondary N) is 1. The first-order valence-electron chi connectivity index (χ1n) is 5.74. The summed E-state index contributed by atoms with van der Waals surface area (Å²) in [6.07, 6.45) is 3.25. The van der Waals surface area contributed by atoms with Crippen LogP contribution in [0, 0.1) is 12.7 Å². The number of rotatable bonds is 4. The first-order chi connectivity index (χ1) is 9.40. The third kappa shape index (κ3) is 3.41. The summed E-state index contributed by atoms with van der Waals surface area (Å²) < 4.78 is 40.2. The van der Waals surface area contributed by atoms with Crippen molar-refractivity contribution >= 4 is 26.0 Å². The highest BCUT2D eigenvalue weighted by Crippen LogP contribution is 2.19. The van der Waals surface area contributed by atoms with Crippen molar-refractivity contribution in [3.63, 3.8) is 0 Å². The molecule has 1 N–H and O–H groups in total. The maximum atomic E-state index is 13.4. The predicted octanol–water partition coefficient (Wildman–Crippen LogP) is 2.77. The minimum atomic E-state index is -3.75. The quantitative estimate of drug-likeness (QED) is 0.913. The Labute approximate surface area is 125 Å². The van der Waals surface area contributed by atoms with Crippen LogP contribution in [0.15, 0.2) is 46.0 Å². The minimum Gasteiger partial charge on any atom is -0.264 e. The molecule has 0 bridgehead atoms. The van der Waals surface area contributed by atoms with Gasteiger partial charge in [0.1, 0.15) is 5.82 Å². The summed E-state index contributed by atoms with van der Waals surface area (Å²) in [5.74, 6) is -0.618. The van der Waals surface area contributed by atoms with E-state index in [4.69, 9.17) is 0 Å². The van der Waals surface area contributed by atoms with E-state index in [2.05, 4.69) is 25.6 Å². The molecule has 0 amide bonds. The molecule has 0 atom stereocenters. The van der Waals surface area contributed by atoms with Gasteiger partial charge >= 0.3 is 0 Å². The number of hydrogen-bond acceptors (Lipinski definition) is 3. The van der Waals surface area contributed by atoms with Crippen LogP contribution in [0.1, 0.15) is 11.1 Å². The lowest BCUT2D eigenvalue weighted by Crippen LogP contribution is -2.23. The van der Waals surface area contributed by atoms with E-state index in [0.29, 0.717) is 0 Å². The molecule has 20 heavy (non-hydrogen) atoms. The second-order valence-corrected chi connectivity index (χ2v) is 6.82. The molecule has 0 spiro atoms. The monoisotopic (exact) mass is 358 g/mol. The van der Waals surface area contributed by atoms with Gasteiger partial charge in [-0.05, 0) is 58.2 Å². The average molecular weight is 359 g/mol. The third-order valence-corrected chi connectivity index (χ3v) is 4.83. The first kappa shape index (κ1) is 15.1. The van der Waals surface area contributed by atoms with E-state index in [-0.39, 0.29) is 15.9 Å². The van der Waals surface area contributed by atoms with Crippen molar-refractivity contribution in [3.05, 3.63) is 58.1 Å². The summed E-state index contributed by atoms with van der Waals surface area (Å²) in [6, 6.07) is 5.42. The molecule has 2 aromatic rings. The van der Waals surface area contributed by atoms with E-state index in [1.807, 2.05) is 6.92 Å². The molecule has 7 heteroatoms. The summed E-state index contributed by atoms with van der Waals surface area (Å²) in [5, 5.41) is 0. The molecule has 4 nitrogen and oxygen atoms in total. The lowest BCUT2D eigenvalue weighted by molar-refractivity contribution is 0.576. The van der Waals surface area contributed by atoms with Crippen LogP contribution in [0.3, 0.4) is 0 Å². The van der Waals surface area contributed by atoms with E-state index < -0.39 is 15.8 Å².